The van der Waals surface area contributed by atoms with Crippen molar-refractivity contribution in [3.63, 3.8) is 0 Å². The van der Waals surface area contributed by atoms with Crippen LogP contribution in [0, 0.1) is 5.92 Å². The molecule has 2 N–H and O–H groups in total. The second kappa shape index (κ2) is 5.83. The van der Waals surface area contributed by atoms with E-state index in [0.29, 0.717) is 6.04 Å². The molecule has 2 rings (SSSR count). The van der Waals surface area contributed by atoms with Crippen molar-refractivity contribution < 1.29 is 4.79 Å². The Morgan fingerprint density at radius 1 is 1.41 bits per heavy atom. The molecule has 2 atom stereocenters. The summed E-state index contributed by atoms with van der Waals surface area (Å²) in [5, 5.41) is 6.40. The molecule has 0 aromatic rings. The van der Waals surface area contributed by atoms with Gasteiger partial charge in [0, 0.05) is 25.2 Å². The minimum Gasteiger partial charge on any atom is -0.355 e. The van der Waals surface area contributed by atoms with Crippen LogP contribution in [-0.4, -0.2) is 49.1 Å². The minimum absolute atomic E-state index is 0.172. The fraction of sp³-hybridized carbons (Fsp3) is 0.923. The largest absolute Gasteiger partial charge is 0.355 e. The SMILES string of the molecule is CCN(CCNC(=O)C1CCNC1C)C1CC1. The van der Waals surface area contributed by atoms with Crippen molar-refractivity contribution in [2.75, 3.05) is 26.2 Å². The van der Waals surface area contributed by atoms with Crippen LogP contribution in [0.25, 0.3) is 0 Å². The molecule has 1 amide bonds. The summed E-state index contributed by atoms with van der Waals surface area (Å²) in [5.74, 6) is 0.403. The Labute approximate surface area is 104 Å². The Balaban J connectivity index is 1.65. The van der Waals surface area contributed by atoms with Crippen molar-refractivity contribution in [2.45, 2.75) is 45.2 Å². The average molecular weight is 239 g/mol. The van der Waals surface area contributed by atoms with Gasteiger partial charge in [0.25, 0.3) is 0 Å². The van der Waals surface area contributed by atoms with Gasteiger partial charge in [-0.05, 0) is 39.3 Å². The average Bonchev–Trinajstić information content (AvgIpc) is 3.06. The summed E-state index contributed by atoms with van der Waals surface area (Å²) in [6.07, 6.45) is 3.66. The van der Waals surface area contributed by atoms with E-state index in [4.69, 9.17) is 0 Å². The quantitative estimate of drug-likeness (QED) is 0.713. The number of carbonyl (C=O) groups excluding carboxylic acids is 1. The zero-order valence-electron chi connectivity index (χ0n) is 11.0. The minimum atomic E-state index is 0.172. The van der Waals surface area contributed by atoms with Gasteiger partial charge in [0.05, 0.1) is 5.92 Å². The van der Waals surface area contributed by atoms with E-state index in [1.165, 1.54) is 12.8 Å². The Kier molecular flexibility index (Phi) is 4.40. The van der Waals surface area contributed by atoms with Crippen LogP contribution in [0.1, 0.15) is 33.1 Å². The summed E-state index contributed by atoms with van der Waals surface area (Å²) in [6.45, 7) is 8.17. The third kappa shape index (κ3) is 3.42. The number of hydrogen-bond acceptors (Lipinski definition) is 3. The molecule has 4 heteroatoms. The lowest BCUT2D eigenvalue weighted by Crippen LogP contribution is -2.41. The van der Waals surface area contributed by atoms with Gasteiger partial charge in [-0.3, -0.25) is 9.69 Å². The van der Waals surface area contributed by atoms with Crippen molar-refractivity contribution in [1.82, 2.24) is 15.5 Å². The summed E-state index contributed by atoms with van der Waals surface area (Å²) < 4.78 is 0. The molecule has 0 aromatic carbocycles. The van der Waals surface area contributed by atoms with Gasteiger partial charge in [0.2, 0.25) is 5.91 Å². The summed E-state index contributed by atoms with van der Waals surface area (Å²) in [7, 11) is 0. The fourth-order valence-corrected chi connectivity index (χ4v) is 2.71. The van der Waals surface area contributed by atoms with E-state index in [1.54, 1.807) is 0 Å². The van der Waals surface area contributed by atoms with E-state index in [-0.39, 0.29) is 11.8 Å². The number of likely N-dealkylation sites (N-methyl/N-ethyl adjacent to an activating group) is 1. The molecule has 2 aliphatic rings. The fourth-order valence-electron chi connectivity index (χ4n) is 2.71. The molecular weight excluding hydrogens is 214 g/mol. The Morgan fingerprint density at radius 2 is 2.18 bits per heavy atom. The summed E-state index contributed by atoms with van der Waals surface area (Å²) >= 11 is 0. The summed E-state index contributed by atoms with van der Waals surface area (Å²) in [4.78, 5) is 14.4. The van der Waals surface area contributed by atoms with E-state index < -0.39 is 0 Å². The first kappa shape index (κ1) is 12.8. The maximum Gasteiger partial charge on any atom is 0.224 e. The molecule has 0 aromatic heterocycles. The molecule has 0 radical (unpaired) electrons. The number of amides is 1. The lowest BCUT2D eigenvalue weighted by atomic mass is 10.0. The monoisotopic (exact) mass is 239 g/mol. The molecule has 1 heterocycles. The predicted molar refractivity (Wildman–Crippen MR) is 68.9 cm³/mol. The lowest BCUT2D eigenvalue weighted by molar-refractivity contribution is -0.125. The molecule has 0 spiro atoms. The first-order valence-corrected chi connectivity index (χ1v) is 6.97. The highest BCUT2D eigenvalue weighted by atomic mass is 16.1. The van der Waals surface area contributed by atoms with Crippen molar-refractivity contribution in [1.29, 1.82) is 0 Å². The third-order valence-corrected chi connectivity index (χ3v) is 4.03. The Hall–Kier alpha value is -0.610. The van der Waals surface area contributed by atoms with Gasteiger partial charge in [-0.2, -0.15) is 0 Å². The normalized spacial score (nSPS) is 28.6. The van der Waals surface area contributed by atoms with Crippen LogP contribution in [0.4, 0.5) is 0 Å². The van der Waals surface area contributed by atoms with Crippen molar-refractivity contribution in [2.24, 2.45) is 5.92 Å². The second-order valence-corrected chi connectivity index (χ2v) is 5.29. The standard InChI is InChI=1S/C13H25N3O/c1-3-16(11-4-5-11)9-8-15-13(17)12-6-7-14-10(12)2/h10-12,14H,3-9H2,1-2H3,(H,15,17). The number of hydrogen-bond donors (Lipinski definition) is 2. The van der Waals surface area contributed by atoms with Crippen LogP contribution in [0.3, 0.4) is 0 Å². The van der Waals surface area contributed by atoms with Crippen molar-refractivity contribution in [3.05, 3.63) is 0 Å². The first-order chi connectivity index (χ1) is 8.22. The first-order valence-electron chi connectivity index (χ1n) is 6.97. The van der Waals surface area contributed by atoms with Gasteiger partial charge in [-0.15, -0.1) is 0 Å². The zero-order valence-corrected chi connectivity index (χ0v) is 11.0. The molecule has 17 heavy (non-hydrogen) atoms. The van der Waals surface area contributed by atoms with Crippen LogP contribution in [0.5, 0.6) is 0 Å². The van der Waals surface area contributed by atoms with Crippen LogP contribution in [0.2, 0.25) is 0 Å². The van der Waals surface area contributed by atoms with Gasteiger partial charge in [-0.25, -0.2) is 0 Å². The van der Waals surface area contributed by atoms with Gasteiger partial charge in [0.15, 0.2) is 0 Å². The van der Waals surface area contributed by atoms with Gasteiger partial charge in [0.1, 0.15) is 0 Å². The lowest BCUT2D eigenvalue weighted by Gasteiger charge is -2.21. The molecular formula is C13H25N3O. The number of nitrogens with one attached hydrogen (secondary N) is 2. The highest BCUT2D eigenvalue weighted by Gasteiger charge is 2.30. The van der Waals surface area contributed by atoms with E-state index in [2.05, 4.69) is 29.4 Å². The zero-order chi connectivity index (χ0) is 12.3. The van der Waals surface area contributed by atoms with Crippen LogP contribution >= 0.6 is 0 Å². The molecule has 98 valence electrons. The predicted octanol–water partition coefficient (Wildman–Crippen LogP) is 0.585. The highest BCUT2D eigenvalue weighted by Crippen LogP contribution is 2.25. The molecule has 2 unspecified atom stereocenters. The topological polar surface area (TPSA) is 44.4 Å². The molecule has 1 saturated carbocycles. The number of nitrogens with zero attached hydrogens (tertiary/aromatic N) is 1. The summed E-state index contributed by atoms with van der Waals surface area (Å²) in [6, 6.07) is 1.13. The molecule has 2 fully saturated rings. The van der Waals surface area contributed by atoms with Crippen molar-refractivity contribution >= 4 is 5.91 Å². The van der Waals surface area contributed by atoms with E-state index in [0.717, 1.165) is 38.6 Å². The Morgan fingerprint density at radius 3 is 2.71 bits per heavy atom. The van der Waals surface area contributed by atoms with Crippen LogP contribution in [0.15, 0.2) is 0 Å². The summed E-state index contributed by atoms with van der Waals surface area (Å²) in [5.41, 5.74) is 0. The number of rotatable bonds is 6. The second-order valence-electron chi connectivity index (χ2n) is 5.29. The van der Waals surface area contributed by atoms with Crippen molar-refractivity contribution in [3.8, 4) is 0 Å². The number of carbonyl (C=O) groups is 1. The van der Waals surface area contributed by atoms with Gasteiger partial charge >= 0.3 is 0 Å². The Bertz CT molecular complexity index is 265. The third-order valence-electron chi connectivity index (χ3n) is 4.03. The van der Waals surface area contributed by atoms with Crippen LogP contribution in [-0.2, 0) is 4.79 Å². The van der Waals surface area contributed by atoms with E-state index in [9.17, 15) is 4.79 Å². The smallest absolute Gasteiger partial charge is 0.224 e. The highest BCUT2D eigenvalue weighted by molar-refractivity contribution is 5.79. The van der Waals surface area contributed by atoms with E-state index >= 15 is 0 Å². The molecule has 4 nitrogen and oxygen atoms in total. The molecule has 0 bridgehead atoms. The van der Waals surface area contributed by atoms with Gasteiger partial charge < -0.3 is 10.6 Å². The van der Waals surface area contributed by atoms with E-state index in [1.807, 2.05) is 0 Å². The van der Waals surface area contributed by atoms with Gasteiger partial charge in [-0.1, -0.05) is 6.92 Å². The maximum atomic E-state index is 11.9. The molecule has 1 saturated heterocycles. The van der Waals surface area contributed by atoms with Crippen LogP contribution < -0.4 is 10.6 Å². The molecule has 1 aliphatic carbocycles. The maximum absolute atomic E-state index is 11.9. The molecule has 1 aliphatic heterocycles.